The van der Waals surface area contributed by atoms with Crippen molar-refractivity contribution in [2.24, 2.45) is 0 Å². The fourth-order valence-corrected chi connectivity index (χ4v) is 3.35. The molecule has 0 N–H and O–H groups in total. The van der Waals surface area contributed by atoms with Gasteiger partial charge in [0.25, 0.3) is 0 Å². The lowest BCUT2D eigenvalue weighted by Crippen LogP contribution is -2.30. The van der Waals surface area contributed by atoms with Crippen LogP contribution in [-0.4, -0.2) is 23.1 Å². The third-order valence-electron chi connectivity index (χ3n) is 5.04. The molecule has 0 bridgehead atoms. The van der Waals surface area contributed by atoms with Gasteiger partial charge in [-0.2, -0.15) is 0 Å². The molecule has 6 heteroatoms. The summed E-state index contributed by atoms with van der Waals surface area (Å²) < 4.78 is 16.2. The van der Waals surface area contributed by atoms with Gasteiger partial charge in [0, 0.05) is 18.1 Å². The van der Waals surface area contributed by atoms with Crippen LogP contribution in [0, 0.1) is 0 Å². The number of rotatable bonds is 9. The zero-order valence-electron chi connectivity index (χ0n) is 17.4. The summed E-state index contributed by atoms with van der Waals surface area (Å²) in [6.45, 7) is 0.722. The maximum absolute atomic E-state index is 13.0. The Kier molecular flexibility index (Phi) is 6.47. The second-order valence-electron chi connectivity index (χ2n) is 7.23. The molecule has 0 aliphatic heterocycles. The summed E-state index contributed by atoms with van der Waals surface area (Å²) >= 11 is 0. The van der Waals surface area contributed by atoms with Gasteiger partial charge in [0.1, 0.15) is 17.2 Å². The number of benzene rings is 2. The van der Waals surface area contributed by atoms with Crippen LogP contribution in [0.15, 0.2) is 88.0 Å². The molecule has 0 saturated carbocycles. The average Bonchev–Trinajstić information content (AvgIpc) is 3.50. The number of aryl methyl sites for hydroxylation is 1. The van der Waals surface area contributed by atoms with E-state index in [9.17, 15) is 4.79 Å². The van der Waals surface area contributed by atoms with Crippen LogP contribution in [0.4, 0.5) is 0 Å². The van der Waals surface area contributed by atoms with Crippen molar-refractivity contribution >= 4 is 5.91 Å². The first kappa shape index (κ1) is 20.5. The van der Waals surface area contributed by atoms with Gasteiger partial charge in [-0.15, -0.1) is 0 Å². The number of hydrogen-bond acceptors (Lipinski definition) is 5. The minimum absolute atomic E-state index is 0.0363. The standard InChI is InChI=1S/C25H24N2O4/c1-29-22-12-10-20(11-13-22)24-16-21(26-31-24)17-27(18-23-8-5-15-30-23)25(28)14-9-19-6-3-2-4-7-19/h2-8,10-13,15-16H,9,14,17-18H2,1H3. The van der Waals surface area contributed by atoms with Gasteiger partial charge in [-0.25, -0.2) is 0 Å². The summed E-state index contributed by atoms with van der Waals surface area (Å²) in [4.78, 5) is 14.8. The van der Waals surface area contributed by atoms with Crippen LogP contribution in [0.3, 0.4) is 0 Å². The number of aromatic nitrogens is 1. The molecular formula is C25H24N2O4. The van der Waals surface area contributed by atoms with Crippen molar-refractivity contribution in [2.75, 3.05) is 7.11 Å². The number of furan rings is 1. The van der Waals surface area contributed by atoms with Gasteiger partial charge in [-0.05, 0) is 48.4 Å². The normalized spacial score (nSPS) is 10.7. The van der Waals surface area contributed by atoms with Crippen LogP contribution in [0.2, 0.25) is 0 Å². The molecule has 2 aromatic heterocycles. The molecule has 0 aliphatic carbocycles. The molecule has 158 valence electrons. The van der Waals surface area contributed by atoms with Gasteiger partial charge < -0.3 is 18.6 Å². The fraction of sp³-hybridized carbons (Fsp3) is 0.200. The summed E-state index contributed by atoms with van der Waals surface area (Å²) in [6.07, 6.45) is 2.71. The minimum Gasteiger partial charge on any atom is -0.497 e. The number of nitrogens with zero attached hydrogens (tertiary/aromatic N) is 2. The molecule has 0 unspecified atom stereocenters. The minimum atomic E-state index is 0.0363. The molecule has 0 spiro atoms. The Morgan fingerprint density at radius 2 is 1.81 bits per heavy atom. The highest BCUT2D eigenvalue weighted by molar-refractivity contribution is 5.76. The predicted molar refractivity (Wildman–Crippen MR) is 116 cm³/mol. The smallest absolute Gasteiger partial charge is 0.223 e. The van der Waals surface area contributed by atoms with Crippen molar-refractivity contribution in [3.8, 4) is 17.1 Å². The number of carbonyl (C=O) groups is 1. The second kappa shape index (κ2) is 9.80. The molecule has 0 aliphatic rings. The largest absolute Gasteiger partial charge is 0.497 e. The van der Waals surface area contributed by atoms with Crippen LogP contribution in [0.1, 0.15) is 23.4 Å². The van der Waals surface area contributed by atoms with Crippen LogP contribution in [0.25, 0.3) is 11.3 Å². The van der Waals surface area contributed by atoms with E-state index < -0.39 is 0 Å². The van der Waals surface area contributed by atoms with Crippen molar-refractivity contribution in [2.45, 2.75) is 25.9 Å². The van der Waals surface area contributed by atoms with E-state index in [1.165, 1.54) is 0 Å². The van der Waals surface area contributed by atoms with Gasteiger partial charge in [0.15, 0.2) is 5.76 Å². The molecule has 4 aromatic rings. The summed E-state index contributed by atoms with van der Waals surface area (Å²) in [5.41, 5.74) is 2.72. The van der Waals surface area contributed by atoms with Crippen molar-refractivity contribution in [3.63, 3.8) is 0 Å². The van der Waals surface area contributed by atoms with Crippen LogP contribution in [-0.2, 0) is 24.3 Å². The van der Waals surface area contributed by atoms with Crippen LogP contribution in [0.5, 0.6) is 5.75 Å². The molecule has 6 nitrogen and oxygen atoms in total. The fourth-order valence-electron chi connectivity index (χ4n) is 3.35. The first-order valence-electron chi connectivity index (χ1n) is 10.2. The lowest BCUT2D eigenvalue weighted by molar-refractivity contribution is -0.132. The highest BCUT2D eigenvalue weighted by Crippen LogP contribution is 2.24. The number of ether oxygens (including phenoxy) is 1. The maximum atomic E-state index is 13.0. The maximum Gasteiger partial charge on any atom is 0.223 e. The van der Waals surface area contributed by atoms with E-state index >= 15 is 0 Å². The summed E-state index contributed by atoms with van der Waals surface area (Å²) in [5, 5.41) is 4.17. The first-order valence-corrected chi connectivity index (χ1v) is 10.2. The van der Waals surface area contributed by atoms with Gasteiger partial charge in [-0.3, -0.25) is 4.79 Å². The van der Waals surface area contributed by atoms with Gasteiger partial charge >= 0.3 is 0 Å². The summed E-state index contributed by atoms with van der Waals surface area (Å²) in [7, 11) is 1.63. The third kappa shape index (κ3) is 5.42. The number of carbonyl (C=O) groups excluding carboxylic acids is 1. The quantitative estimate of drug-likeness (QED) is 0.379. The molecule has 4 rings (SSSR count). The lowest BCUT2D eigenvalue weighted by atomic mass is 10.1. The van der Waals surface area contributed by atoms with Crippen LogP contribution >= 0.6 is 0 Å². The Morgan fingerprint density at radius 1 is 1.00 bits per heavy atom. The van der Waals surface area contributed by atoms with Gasteiger partial charge in [0.05, 0.1) is 26.5 Å². The Labute approximate surface area is 181 Å². The molecular weight excluding hydrogens is 392 g/mol. The Balaban J connectivity index is 1.46. The third-order valence-corrected chi connectivity index (χ3v) is 5.04. The van der Waals surface area contributed by atoms with E-state index in [4.69, 9.17) is 13.7 Å². The monoisotopic (exact) mass is 416 g/mol. The number of hydrogen-bond donors (Lipinski definition) is 0. The van der Waals surface area contributed by atoms with E-state index in [2.05, 4.69) is 5.16 Å². The molecule has 2 heterocycles. The Bertz CT molecular complexity index is 1090. The van der Waals surface area contributed by atoms with E-state index in [0.717, 1.165) is 22.6 Å². The Hall–Kier alpha value is -3.80. The topological polar surface area (TPSA) is 68.7 Å². The van der Waals surface area contributed by atoms with Gasteiger partial charge in [-0.1, -0.05) is 35.5 Å². The molecule has 0 radical (unpaired) electrons. The number of methoxy groups -OCH3 is 1. The van der Waals surface area contributed by atoms with Gasteiger partial charge in [0.2, 0.25) is 5.91 Å². The zero-order valence-corrected chi connectivity index (χ0v) is 17.4. The molecule has 0 atom stereocenters. The lowest BCUT2D eigenvalue weighted by Gasteiger charge is -2.20. The zero-order chi connectivity index (χ0) is 21.5. The average molecular weight is 416 g/mol. The Morgan fingerprint density at radius 3 is 2.52 bits per heavy atom. The van der Waals surface area contributed by atoms with Crippen molar-refractivity contribution < 1.29 is 18.5 Å². The van der Waals surface area contributed by atoms with E-state index in [1.54, 1.807) is 18.3 Å². The molecule has 0 saturated heterocycles. The summed E-state index contributed by atoms with van der Waals surface area (Å²) in [5.74, 6) is 2.19. The van der Waals surface area contributed by atoms with E-state index in [0.29, 0.717) is 37.4 Å². The van der Waals surface area contributed by atoms with Crippen molar-refractivity contribution in [1.29, 1.82) is 0 Å². The van der Waals surface area contributed by atoms with Crippen molar-refractivity contribution in [3.05, 3.63) is 96.1 Å². The summed E-state index contributed by atoms with van der Waals surface area (Å²) in [6, 6.07) is 23.1. The van der Waals surface area contributed by atoms with E-state index in [1.807, 2.05) is 72.8 Å². The molecule has 0 fully saturated rings. The highest BCUT2D eigenvalue weighted by atomic mass is 16.5. The van der Waals surface area contributed by atoms with Crippen LogP contribution < -0.4 is 4.74 Å². The predicted octanol–water partition coefficient (Wildman–Crippen LogP) is 5.10. The van der Waals surface area contributed by atoms with E-state index in [-0.39, 0.29) is 5.91 Å². The first-order chi connectivity index (χ1) is 15.2. The molecule has 1 amide bonds. The van der Waals surface area contributed by atoms with Crippen molar-refractivity contribution in [1.82, 2.24) is 10.1 Å². The highest BCUT2D eigenvalue weighted by Gasteiger charge is 2.18. The molecule has 2 aromatic carbocycles. The molecule has 31 heavy (non-hydrogen) atoms. The SMILES string of the molecule is COc1ccc(-c2cc(CN(Cc3ccco3)C(=O)CCc3ccccc3)no2)cc1. The number of amides is 1. The second-order valence-corrected chi connectivity index (χ2v) is 7.23.